The van der Waals surface area contributed by atoms with E-state index >= 15 is 0 Å². The second-order valence-electron chi connectivity index (χ2n) is 4.92. The van der Waals surface area contributed by atoms with Gasteiger partial charge in [0.25, 0.3) is 5.91 Å². The molecule has 1 saturated heterocycles. The number of piperidine rings is 1. The minimum Gasteiger partial charge on any atom is -0.383 e. The Bertz CT molecular complexity index is 450. The Morgan fingerprint density at radius 3 is 3.06 bits per heavy atom. The summed E-state index contributed by atoms with van der Waals surface area (Å²) in [5, 5.41) is 0. The van der Waals surface area contributed by atoms with Gasteiger partial charge in [0.15, 0.2) is 0 Å². The number of rotatable bonds is 2. The van der Waals surface area contributed by atoms with E-state index in [4.69, 9.17) is 10.5 Å². The zero-order chi connectivity index (χ0) is 13.2. The number of amides is 1. The maximum absolute atomic E-state index is 12.4. The second-order valence-corrected chi connectivity index (χ2v) is 4.92. The quantitative estimate of drug-likeness (QED) is 0.858. The largest absolute Gasteiger partial charge is 0.383 e. The van der Waals surface area contributed by atoms with Gasteiger partial charge in [-0.2, -0.15) is 0 Å². The predicted molar refractivity (Wildman–Crippen MR) is 69.2 cm³/mol. The lowest BCUT2D eigenvalue weighted by molar-refractivity contribution is -0.0440. The summed E-state index contributed by atoms with van der Waals surface area (Å²) >= 11 is 0. The lowest BCUT2D eigenvalue weighted by atomic mass is 9.94. The summed E-state index contributed by atoms with van der Waals surface area (Å²) in [5.74, 6) is 0.218. The molecule has 0 aromatic carbocycles. The van der Waals surface area contributed by atoms with Gasteiger partial charge in [0.1, 0.15) is 5.82 Å². The van der Waals surface area contributed by atoms with Gasteiger partial charge in [0.05, 0.1) is 11.2 Å². The number of nitrogens with two attached hydrogens (primary N) is 1. The zero-order valence-corrected chi connectivity index (χ0v) is 10.8. The van der Waals surface area contributed by atoms with Crippen LogP contribution in [0.2, 0.25) is 0 Å². The first-order valence-electron chi connectivity index (χ1n) is 6.11. The molecule has 0 saturated carbocycles. The first kappa shape index (κ1) is 12.8. The van der Waals surface area contributed by atoms with Crippen LogP contribution in [0.25, 0.3) is 0 Å². The third-order valence-electron chi connectivity index (χ3n) is 3.51. The van der Waals surface area contributed by atoms with Crippen LogP contribution in [0.5, 0.6) is 0 Å². The predicted octanol–water partition coefficient (Wildman–Crippen LogP) is 1.30. The molecule has 1 fully saturated rings. The van der Waals surface area contributed by atoms with Crippen LogP contribution in [0.3, 0.4) is 0 Å². The fourth-order valence-electron chi connectivity index (χ4n) is 2.31. The highest BCUT2D eigenvalue weighted by Crippen LogP contribution is 2.25. The van der Waals surface area contributed by atoms with Crippen LogP contribution in [0.1, 0.15) is 30.1 Å². The molecule has 0 spiro atoms. The SMILES string of the molecule is COC1(C)CCCN(C(=O)c2cccnc2N)C1. The smallest absolute Gasteiger partial charge is 0.257 e. The fraction of sp³-hybridized carbons (Fsp3) is 0.538. The van der Waals surface area contributed by atoms with Crippen molar-refractivity contribution < 1.29 is 9.53 Å². The number of nitrogens with zero attached hydrogens (tertiary/aromatic N) is 2. The lowest BCUT2D eigenvalue weighted by Gasteiger charge is -2.39. The van der Waals surface area contributed by atoms with Crippen LogP contribution >= 0.6 is 0 Å². The number of nitrogen functional groups attached to an aromatic ring is 1. The van der Waals surface area contributed by atoms with Crippen LogP contribution in [-0.2, 0) is 4.74 Å². The molecule has 5 nitrogen and oxygen atoms in total. The number of anilines is 1. The normalized spacial score (nSPS) is 24.0. The topological polar surface area (TPSA) is 68.5 Å². The first-order valence-corrected chi connectivity index (χ1v) is 6.11. The summed E-state index contributed by atoms with van der Waals surface area (Å²) in [4.78, 5) is 18.1. The van der Waals surface area contributed by atoms with Gasteiger partial charge in [-0.25, -0.2) is 4.98 Å². The fourth-order valence-corrected chi connectivity index (χ4v) is 2.31. The molecule has 1 aliphatic rings. The number of likely N-dealkylation sites (tertiary alicyclic amines) is 1. The zero-order valence-electron chi connectivity index (χ0n) is 10.8. The van der Waals surface area contributed by atoms with Crippen molar-refractivity contribution in [2.45, 2.75) is 25.4 Å². The van der Waals surface area contributed by atoms with E-state index in [1.54, 1.807) is 30.3 Å². The van der Waals surface area contributed by atoms with E-state index in [2.05, 4.69) is 4.98 Å². The second kappa shape index (κ2) is 4.94. The highest BCUT2D eigenvalue weighted by Gasteiger charge is 2.33. The highest BCUT2D eigenvalue weighted by molar-refractivity contribution is 5.98. The molecular formula is C13H19N3O2. The number of ether oxygens (including phenoxy) is 1. The van der Waals surface area contributed by atoms with Gasteiger partial charge in [-0.05, 0) is 31.9 Å². The van der Waals surface area contributed by atoms with Gasteiger partial charge in [0, 0.05) is 26.4 Å². The summed E-state index contributed by atoms with van der Waals surface area (Å²) in [6.07, 6.45) is 3.49. The van der Waals surface area contributed by atoms with Crippen molar-refractivity contribution in [2.24, 2.45) is 0 Å². The van der Waals surface area contributed by atoms with Gasteiger partial charge >= 0.3 is 0 Å². The Labute approximate surface area is 107 Å². The molecule has 2 heterocycles. The van der Waals surface area contributed by atoms with Crippen molar-refractivity contribution in [3.8, 4) is 0 Å². The molecule has 1 aromatic rings. The van der Waals surface area contributed by atoms with Gasteiger partial charge in [-0.15, -0.1) is 0 Å². The minimum absolute atomic E-state index is 0.0661. The molecule has 1 aliphatic heterocycles. The molecule has 2 N–H and O–H groups in total. The van der Waals surface area contributed by atoms with E-state index in [1.807, 2.05) is 6.92 Å². The Kier molecular flexibility index (Phi) is 3.52. The highest BCUT2D eigenvalue weighted by atomic mass is 16.5. The van der Waals surface area contributed by atoms with Crippen molar-refractivity contribution in [2.75, 3.05) is 25.9 Å². The van der Waals surface area contributed by atoms with Gasteiger partial charge < -0.3 is 15.4 Å². The van der Waals surface area contributed by atoms with E-state index in [-0.39, 0.29) is 17.3 Å². The van der Waals surface area contributed by atoms with Crippen LogP contribution in [0, 0.1) is 0 Å². The summed E-state index contributed by atoms with van der Waals surface area (Å²) in [5.41, 5.74) is 5.95. The molecule has 1 unspecified atom stereocenters. The number of carbonyl (C=O) groups is 1. The van der Waals surface area contributed by atoms with Gasteiger partial charge in [-0.3, -0.25) is 4.79 Å². The van der Waals surface area contributed by atoms with E-state index < -0.39 is 0 Å². The molecule has 18 heavy (non-hydrogen) atoms. The van der Waals surface area contributed by atoms with E-state index in [9.17, 15) is 4.79 Å². The Balaban J connectivity index is 2.17. The molecule has 5 heteroatoms. The first-order chi connectivity index (χ1) is 8.56. The summed E-state index contributed by atoms with van der Waals surface area (Å²) in [7, 11) is 1.69. The monoisotopic (exact) mass is 249 g/mol. The molecule has 1 aromatic heterocycles. The van der Waals surface area contributed by atoms with E-state index in [0.717, 1.165) is 19.4 Å². The van der Waals surface area contributed by atoms with Crippen molar-refractivity contribution >= 4 is 11.7 Å². The van der Waals surface area contributed by atoms with Crippen LogP contribution in [0.4, 0.5) is 5.82 Å². The van der Waals surface area contributed by atoms with Gasteiger partial charge in [-0.1, -0.05) is 0 Å². The molecule has 1 atom stereocenters. The van der Waals surface area contributed by atoms with Crippen LogP contribution in [-0.4, -0.2) is 41.6 Å². The molecule has 2 rings (SSSR count). The van der Waals surface area contributed by atoms with E-state index in [0.29, 0.717) is 12.1 Å². The van der Waals surface area contributed by atoms with Crippen molar-refractivity contribution in [3.05, 3.63) is 23.9 Å². The van der Waals surface area contributed by atoms with Crippen molar-refractivity contribution in [3.63, 3.8) is 0 Å². The van der Waals surface area contributed by atoms with Crippen LogP contribution in [0.15, 0.2) is 18.3 Å². The van der Waals surface area contributed by atoms with E-state index in [1.165, 1.54) is 0 Å². The number of methoxy groups -OCH3 is 1. The lowest BCUT2D eigenvalue weighted by Crippen LogP contribution is -2.49. The maximum Gasteiger partial charge on any atom is 0.257 e. The van der Waals surface area contributed by atoms with Gasteiger partial charge in [0.2, 0.25) is 0 Å². The Morgan fingerprint density at radius 1 is 1.61 bits per heavy atom. The molecule has 98 valence electrons. The molecule has 0 radical (unpaired) electrons. The summed E-state index contributed by atoms with van der Waals surface area (Å²) in [6, 6.07) is 3.44. The number of hydrogen-bond acceptors (Lipinski definition) is 4. The van der Waals surface area contributed by atoms with Crippen molar-refractivity contribution in [1.82, 2.24) is 9.88 Å². The molecule has 0 bridgehead atoms. The summed E-state index contributed by atoms with van der Waals surface area (Å²) < 4.78 is 5.48. The Morgan fingerprint density at radius 2 is 2.39 bits per heavy atom. The molecular weight excluding hydrogens is 230 g/mol. The van der Waals surface area contributed by atoms with Crippen LogP contribution < -0.4 is 5.73 Å². The number of hydrogen-bond donors (Lipinski definition) is 1. The standard InChI is InChI=1S/C13H19N3O2/c1-13(18-2)6-4-8-16(9-13)12(17)10-5-3-7-15-11(10)14/h3,5,7H,4,6,8-9H2,1-2H3,(H2,14,15). The molecule has 0 aliphatic carbocycles. The van der Waals surface area contributed by atoms with Crippen molar-refractivity contribution in [1.29, 1.82) is 0 Å². The maximum atomic E-state index is 12.4. The number of aromatic nitrogens is 1. The summed E-state index contributed by atoms with van der Waals surface area (Å²) in [6.45, 7) is 3.36. The average molecular weight is 249 g/mol. The minimum atomic E-state index is -0.259. The number of pyridine rings is 1. The number of carbonyl (C=O) groups excluding carboxylic acids is 1. The third kappa shape index (κ3) is 2.46. The molecule has 1 amide bonds. The third-order valence-corrected chi connectivity index (χ3v) is 3.51. The Hall–Kier alpha value is -1.62. The average Bonchev–Trinajstić information content (AvgIpc) is 2.39.